The van der Waals surface area contributed by atoms with Crippen LogP contribution >= 0.6 is 0 Å². The number of nitrogens with zero attached hydrogens (tertiary/aromatic N) is 4. The fourth-order valence-electron chi connectivity index (χ4n) is 3.80. The topological polar surface area (TPSA) is 54.2 Å². The number of pyridine rings is 1. The lowest BCUT2D eigenvalue weighted by Crippen LogP contribution is -2.34. The molecule has 2 aromatic heterocycles. The molecule has 0 unspecified atom stereocenters. The number of aliphatic hydroxyl groups is 1. The minimum atomic E-state index is 0.132. The van der Waals surface area contributed by atoms with Crippen LogP contribution in [0.2, 0.25) is 0 Å². The van der Waals surface area contributed by atoms with Gasteiger partial charge in [0.05, 0.1) is 24.4 Å². The van der Waals surface area contributed by atoms with Crippen LogP contribution in [0.1, 0.15) is 30.0 Å². The Balaban J connectivity index is 1.49. The van der Waals surface area contributed by atoms with E-state index in [1.165, 1.54) is 23.8 Å². The molecule has 0 bridgehead atoms. The summed E-state index contributed by atoms with van der Waals surface area (Å²) in [5, 5.41) is 14.9. The van der Waals surface area contributed by atoms with Crippen molar-refractivity contribution in [1.29, 1.82) is 0 Å². The molecular weight excluding hydrogens is 312 g/mol. The van der Waals surface area contributed by atoms with E-state index in [4.69, 9.17) is 5.11 Å². The molecule has 0 saturated carbocycles. The first-order valence-electron chi connectivity index (χ1n) is 9.02. The molecule has 0 spiro atoms. The number of aliphatic hydroxyl groups excluding tert-OH is 1. The van der Waals surface area contributed by atoms with Crippen molar-refractivity contribution in [1.82, 2.24) is 19.7 Å². The van der Waals surface area contributed by atoms with Crippen LogP contribution < -0.4 is 0 Å². The highest BCUT2D eigenvalue weighted by atomic mass is 16.3. The maximum Gasteiger partial charge on any atom is 0.0705 e. The zero-order valence-corrected chi connectivity index (χ0v) is 14.4. The van der Waals surface area contributed by atoms with E-state index in [2.05, 4.69) is 45.3 Å². The molecule has 130 valence electrons. The second-order valence-electron chi connectivity index (χ2n) is 6.79. The molecule has 4 rings (SSSR count). The third-order valence-electron chi connectivity index (χ3n) is 5.05. The molecule has 5 heteroatoms. The molecule has 1 fully saturated rings. The summed E-state index contributed by atoms with van der Waals surface area (Å²) in [6.45, 7) is 3.82. The highest BCUT2D eigenvalue weighted by molar-refractivity contribution is 5.81. The third kappa shape index (κ3) is 3.57. The first-order valence-corrected chi connectivity index (χ1v) is 9.02. The van der Waals surface area contributed by atoms with E-state index in [0.717, 1.165) is 30.8 Å². The summed E-state index contributed by atoms with van der Waals surface area (Å²) in [7, 11) is 0. The molecule has 1 saturated heterocycles. The standard InChI is InChI=1S/C20H24N4O/c25-13-12-24-11-8-19(22-24)17-4-3-10-23(15-17)14-16-7-9-21-20-6-2-1-5-18(16)20/h1-2,5-9,11,17,25H,3-4,10,12-15H2/t17-/m0/s1. The molecule has 0 radical (unpaired) electrons. The SMILES string of the molecule is OCCn1ccc([C@H]2CCCN(Cc3ccnc4ccccc34)C2)n1. The van der Waals surface area contributed by atoms with Crippen LogP contribution in [0, 0.1) is 0 Å². The Kier molecular flexibility index (Phi) is 4.76. The van der Waals surface area contributed by atoms with E-state index in [9.17, 15) is 0 Å². The van der Waals surface area contributed by atoms with Gasteiger partial charge in [0.2, 0.25) is 0 Å². The largest absolute Gasteiger partial charge is 0.394 e. The van der Waals surface area contributed by atoms with E-state index in [1.807, 2.05) is 23.1 Å². The molecule has 3 aromatic rings. The minimum Gasteiger partial charge on any atom is -0.394 e. The molecule has 3 heterocycles. The molecule has 1 aliphatic heterocycles. The van der Waals surface area contributed by atoms with Gasteiger partial charge in [-0.3, -0.25) is 14.6 Å². The van der Waals surface area contributed by atoms with Crippen LogP contribution in [-0.2, 0) is 13.1 Å². The van der Waals surface area contributed by atoms with Crippen molar-refractivity contribution in [2.75, 3.05) is 19.7 Å². The Morgan fingerprint density at radius 2 is 2.08 bits per heavy atom. The van der Waals surface area contributed by atoms with Crippen molar-refractivity contribution < 1.29 is 5.11 Å². The maximum atomic E-state index is 9.06. The minimum absolute atomic E-state index is 0.132. The van der Waals surface area contributed by atoms with Gasteiger partial charge in [-0.15, -0.1) is 0 Å². The van der Waals surface area contributed by atoms with Crippen molar-refractivity contribution in [2.24, 2.45) is 0 Å². The highest BCUT2D eigenvalue weighted by Crippen LogP contribution is 2.27. The number of aromatic nitrogens is 3. The van der Waals surface area contributed by atoms with Crippen molar-refractivity contribution >= 4 is 10.9 Å². The summed E-state index contributed by atoms with van der Waals surface area (Å²) in [6, 6.07) is 12.6. The van der Waals surface area contributed by atoms with E-state index in [-0.39, 0.29) is 6.61 Å². The number of rotatable bonds is 5. The van der Waals surface area contributed by atoms with Crippen LogP contribution in [0.5, 0.6) is 0 Å². The van der Waals surface area contributed by atoms with E-state index in [0.29, 0.717) is 12.5 Å². The number of para-hydroxylation sites is 1. The summed E-state index contributed by atoms with van der Waals surface area (Å²) in [5.41, 5.74) is 3.56. The lowest BCUT2D eigenvalue weighted by Gasteiger charge is -2.32. The van der Waals surface area contributed by atoms with Gasteiger partial charge in [0.15, 0.2) is 0 Å². The Bertz CT molecular complexity index is 839. The van der Waals surface area contributed by atoms with Crippen LogP contribution in [0.3, 0.4) is 0 Å². The number of hydrogen-bond acceptors (Lipinski definition) is 4. The van der Waals surface area contributed by atoms with Crippen molar-refractivity contribution in [2.45, 2.75) is 31.8 Å². The predicted molar refractivity (Wildman–Crippen MR) is 98.3 cm³/mol. The number of hydrogen-bond donors (Lipinski definition) is 1. The van der Waals surface area contributed by atoms with Gasteiger partial charge in [0, 0.05) is 36.8 Å². The quantitative estimate of drug-likeness (QED) is 0.778. The molecular formula is C20H24N4O. The summed E-state index contributed by atoms with van der Waals surface area (Å²) < 4.78 is 1.84. The Morgan fingerprint density at radius 3 is 3.00 bits per heavy atom. The Hall–Kier alpha value is -2.24. The zero-order chi connectivity index (χ0) is 17.1. The Labute approximate surface area is 147 Å². The van der Waals surface area contributed by atoms with Gasteiger partial charge in [-0.25, -0.2) is 0 Å². The number of piperidine rings is 1. The third-order valence-corrected chi connectivity index (χ3v) is 5.05. The Morgan fingerprint density at radius 1 is 1.16 bits per heavy atom. The predicted octanol–water partition coefficient (Wildman–Crippen LogP) is 2.80. The van der Waals surface area contributed by atoms with Crippen molar-refractivity contribution in [3.63, 3.8) is 0 Å². The fourth-order valence-corrected chi connectivity index (χ4v) is 3.80. The second-order valence-corrected chi connectivity index (χ2v) is 6.79. The van der Waals surface area contributed by atoms with E-state index >= 15 is 0 Å². The molecule has 1 aromatic carbocycles. The fraction of sp³-hybridized carbons (Fsp3) is 0.400. The number of likely N-dealkylation sites (tertiary alicyclic amines) is 1. The van der Waals surface area contributed by atoms with Gasteiger partial charge in [0.25, 0.3) is 0 Å². The first kappa shape index (κ1) is 16.2. The summed E-state index contributed by atoms with van der Waals surface area (Å²) in [5.74, 6) is 0.474. The van der Waals surface area contributed by atoms with Crippen molar-refractivity contribution in [3.05, 3.63) is 60.0 Å². The zero-order valence-electron chi connectivity index (χ0n) is 14.4. The van der Waals surface area contributed by atoms with Crippen LogP contribution in [0.4, 0.5) is 0 Å². The molecule has 5 nitrogen and oxygen atoms in total. The lowest BCUT2D eigenvalue weighted by molar-refractivity contribution is 0.198. The smallest absolute Gasteiger partial charge is 0.0705 e. The van der Waals surface area contributed by atoms with Crippen LogP contribution in [-0.4, -0.2) is 44.5 Å². The molecule has 1 atom stereocenters. The first-order chi connectivity index (χ1) is 12.3. The summed E-state index contributed by atoms with van der Waals surface area (Å²) in [6.07, 6.45) is 6.26. The van der Waals surface area contributed by atoms with Crippen LogP contribution in [0.25, 0.3) is 10.9 Å². The average molecular weight is 336 g/mol. The van der Waals surface area contributed by atoms with Gasteiger partial charge in [-0.1, -0.05) is 18.2 Å². The summed E-state index contributed by atoms with van der Waals surface area (Å²) >= 11 is 0. The van der Waals surface area contributed by atoms with E-state index in [1.54, 1.807) is 0 Å². The van der Waals surface area contributed by atoms with Crippen LogP contribution in [0.15, 0.2) is 48.8 Å². The lowest BCUT2D eigenvalue weighted by atomic mass is 9.94. The maximum absolute atomic E-state index is 9.06. The van der Waals surface area contributed by atoms with Crippen molar-refractivity contribution in [3.8, 4) is 0 Å². The monoisotopic (exact) mass is 336 g/mol. The number of fused-ring (bicyclic) bond motifs is 1. The summed E-state index contributed by atoms with van der Waals surface area (Å²) in [4.78, 5) is 6.99. The van der Waals surface area contributed by atoms with E-state index < -0.39 is 0 Å². The average Bonchev–Trinajstić information content (AvgIpc) is 3.11. The second kappa shape index (κ2) is 7.33. The highest BCUT2D eigenvalue weighted by Gasteiger charge is 2.23. The number of benzene rings is 1. The van der Waals surface area contributed by atoms with Gasteiger partial charge in [0.1, 0.15) is 0 Å². The van der Waals surface area contributed by atoms with Gasteiger partial charge in [-0.2, -0.15) is 5.10 Å². The molecule has 1 aliphatic rings. The molecule has 0 aliphatic carbocycles. The molecule has 0 amide bonds. The van der Waals surface area contributed by atoms with Gasteiger partial charge in [-0.05, 0) is 43.1 Å². The molecule has 1 N–H and O–H groups in total. The van der Waals surface area contributed by atoms with Gasteiger partial charge < -0.3 is 5.11 Å². The van der Waals surface area contributed by atoms with Gasteiger partial charge >= 0.3 is 0 Å². The normalized spacial score (nSPS) is 18.7. The molecule has 25 heavy (non-hydrogen) atoms.